The number of anilines is 1. The lowest BCUT2D eigenvalue weighted by molar-refractivity contribution is -0.148. The van der Waals surface area contributed by atoms with Crippen molar-refractivity contribution in [2.75, 3.05) is 12.0 Å². The predicted octanol–water partition coefficient (Wildman–Crippen LogP) is 1.59. The summed E-state index contributed by atoms with van der Waals surface area (Å²) in [7, 11) is 1.29. The van der Waals surface area contributed by atoms with Crippen LogP contribution in [0.2, 0.25) is 0 Å². The van der Waals surface area contributed by atoms with Crippen LogP contribution in [0, 0.1) is 11.2 Å². The van der Waals surface area contributed by atoms with Gasteiger partial charge in [-0.2, -0.15) is 0 Å². The molecule has 0 bridgehead atoms. The number of nitrogens with zero attached hydrogens (tertiary/aromatic N) is 1. The highest BCUT2D eigenvalue weighted by molar-refractivity contribution is 6.30. The van der Waals surface area contributed by atoms with Crippen LogP contribution >= 0.6 is 0 Å². The molecule has 0 unspecified atom stereocenters. The molecule has 6 nitrogen and oxygen atoms in total. The number of halogens is 1. The third kappa shape index (κ3) is 1.80. The molecule has 1 saturated heterocycles. The Labute approximate surface area is 119 Å². The van der Waals surface area contributed by atoms with E-state index in [1.807, 2.05) is 0 Å². The summed E-state index contributed by atoms with van der Waals surface area (Å²) in [5.41, 5.74) is -0.982. The van der Waals surface area contributed by atoms with Crippen LogP contribution < -0.4 is 15.0 Å². The second-order valence-electron chi connectivity index (χ2n) is 5.15. The van der Waals surface area contributed by atoms with Gasteiger partial charge in [0.2, 0.25) is 5.91 Å². The fraction of sp³-hybridized carbons (Fsp3) is 0.357. The number of urea groups is 1. The maximum Gasteiger partial charge on any atom is 0.335 e. The molecule has 1 heterocycles. The maximum absolute atomic E-state index is 13.4. The number of benzene rings is 1. The van der Waals surface area contributed by atoms with Crippen molar-refractivity contribution in [3.05, 3.63) is 24.0 Å². The number of imide groups is 2. The van der Waals surface area contributed by atoms with Crippen LogP contribution in [0.1, 0.15) is 19.3 Å². The number of rotatable bonds is 2. The van der Waals surface area contributed by atoms with E-state index in [1.54, 1.807) is 0 Å². The molecule has 1 spiro atoms. The molecule has 0 radical (unpaired) electrons. The summed E-state index contributed by atoms with van der Waals surface area (Å²) in [6.07, 6.45) is 1.59. The molecule has 4 amide bonds. The van der Waals surface area contributed by atoms with Gasteiger partial charge in [-0.05, 0) is 25.0 Å². The highest BCUT2D eigenvalue weighted by Crippen LogP contribution is 2.45. The number of nitrogens with one attached hydrogen (secondary N) is 1. The summed E-state index contributed by atoms with van der Waals surface area (Å²) >= 11 is 0. The zero-order valence-electron chi connectivity index (χ0n) is 11.3. The van der Waals surface area contributed by atoms with Gasteiger partial charge in [-0.3, -0.25) is 14.9 Å². The lowest BCUT2D eigenvalue weighted by Crippen LogP contribution is -2.66. The predicted molar refractivity (Wildman–Crippen MR) is 70.3 cm³/mol. The molecular formula is C14H13FN2O4. The Balaban J connectivity index is 2.02. The van der Waals surface area contributed by atoms with E-state index in [2.05, 4.69) is 5.32 Å². The average Bonchev–Trinajstić information content (AvgIpc) is 2.38. The molecule has 110 valence electrons. The van der Waals surface area contributed by atoms with Crippen molar-refractivity contribution in [3.8, 4) is 5.75 Å². The van der Waals surface area contributed by atoms with Crippen molar-refractivity contribution in [2.24, 2.45) is 5.41 Å². The van der Waals surface area contributed by atoms with E-state index in [4.69, 9.17) is 4.74 Å². The fourth-order valence-electron chi connectivity index (χ4n) is 2.67. The average molecular weight is 292 g/mol. The van der Waals surface area contributed by atoms with E-state index in [0.29, 0.717) is 12.8 Å². The molecule has 1 aromatic carbocycles. The Morgan fingerprint density at radius 3 is 2.57 bits per heavy atom. The second kappa shape index (κ2) is 4.54. The van der Waals surface area contributed by atoms with Crippen molar-refractivity contribution < 1.29 is 23.5 Å². The van der Waals surface area contributed by atoms with Gasteiger partial charge >= 0.3 is 6.03 Å². The Morgan fingerprint density at radius 2 is 2.00 bits per heavy atom. The number of hydrogen-bond donors (Lipinski definition) is 1. The van der Waals surface area contributed by atoms with Crippen molar-refractivity contribution in [1.82, 2.24) is 5.32 Å². The van der Waals surface area contributed by atoms with Crippen molar-refractivity contribution >= 4 is 23.5 Å². The van der Waals surface area contributed by atoms with Gasteiger partial charge in [-0.15, -0.1) is 0 Å². The fourth-order valence-corrected chi connectivity index (χ4v) is 2.67. The van der Waals surface area contributed by atoms with Gasteiger partial charge in [-0.25, -0.2) is 14.1 Å². The summed E-state index contributed by atoms with van der Waals surface area (Å²) in [5, 5.41) is 2.20. The first kappa shape index (κ1) is 13.5. The molecule has 2 fully saturated rings. The van der Waals surface area contributed by atoms with Crippen LogP contribution in [0.25, 0.3) is 0 Å². The van der Waals surface area contributed by atoms with Crippen LogP contribution in [-0.4, -0.2) is 25.0 Å². The lowest BCUT2D eigenvalue weighted by atomic mass is 9.66. The summed E-state index contributed by atoms with van der Waals surface area (Å²) in [6.45, 7) is 0. The molecule has 1 saturated carbocycles. The van der Waals surface area contributed by atoms with E-state index >= 15 is 0 Å². The highest BCUT2D eigenvalue weighted by Gasteiger charge is 2.57. The molecule has 2 aliphatic rings. The zero-order chi connectivity index (χ0) is 15.2. The first-order chi connectivity index (χ1) is 9.99. The van der Waals surface area contributed by atoms with Crippen LogP contribution in [0.15, 0.2) is 18.2 Å². The molecule has 1 N–H and O–H groups in total. The molecule has 1 aliphatic carbocycles. The minimum atomic E-state index is -1.16. The minimum Gasteiger partial charge on any atom is -0.494 e. The standard InChI is InChI=1S/C14H13FN2O4/c1-21-10-7-8(3-4-9(10)15)17-12(19)14(5-2-6-14)11(18)16-13(17)20/h3-4,7H,2,5-6H2,1H3,(H,16,18,20). The third-order valence-corrected chi connectivity index (χ3v) is 4.07. The van der Waals surface area contributed by atoms with E-state index in [9.17, 15) is 18.8 Å². The highest BCUT2D eigenvalue weighted by atomic mass is 19.1. The molecule has 1 aliphatic heterocycles. The van der Waals surface area contributed by atoms with Gasteiger partial charge in [0.1, 0.15) is 5.41 Å². The Bertz CT molecular complexity index is 654. The smallest absolute Gasteiger partial charge is 0.335 e. The number of amides is 4. The maximum atomic E-state index is 13.4. The first-order valence-corrected chi connectivity index (χ1v) is 6.53. The summed E-state index contributed by atoms with van der Waals surface area (Å²) in [4.78, 5) is 37.3. The Morgan fingerprint density at radius 1 is 1.29 bits per heavy atom. The van der Waals surface area contributed by atoms with Gasteiger partial charge in [0.05, 0.1) is 12.8 Å². The zero-order valence-corrected chi connectivity index (χ0v) is 11.3. The topological polar surface area (TPSA) is 75.7 Å². The third-order valence-electron chi connectivity index (χ3n) is 4.07. The van der Waals surface area contributed by atoms with E-state index in [0.717, 1.165) is 17.4 Å². The normalized spacial score (nSPS) is 20.3. The van der Waals surface area contributed by atoms with Crippen molar-refractivity contribution in [3.63, 3.8) is 0 Å². The SMILES string of the molecule is COc1cc(N2C(=O)NC(=O)C3(CCC3)C2=O)ccc1F. The van der Waals surface area contributed by atoms with Crippen LogP contribution in [-0.2, 0) is 9.59 Å². The number of ether oxygens (including phenoxy) is 1. The molecule has 7 heteroatoms. The number of carbonyl (C=O) groups is 3. The Kier molecular flexibility index (Phi) is 2.93. The van der Waals surface area contributed by atoms with Crippen molar-refractivity contribution in [2.45, 2.75) is 19.3 Å². The number of hydrogen-bond acceptors (Lipinski definition) is 4. The molecule has 3 rings (SSSR count). The monoisotopic (exact) mass is 292 g/mol. The lowest BCUT2D eigenvalue weighted by Gasteiger charge is -2.44. The summed E-state index contributed by atoms with van der Waals surface area (Å²) < 4.78 is 18.3. The minimum absolute atomic E-state index is 0.0762. The second-order valence-corrected chi connectivity index (χ2v) is 5.15. The van der Waals surface area contributed by atoms with Crippen molar-refractivity contribution in [1.29, 1.82) is 0 Å². The van der Waals surface area contributed by atoms with E-state index in [-0.39, 0.29) is 11.4 Å². The van der Waals surface area contributed by atoms with Crippen LogP contribution in [0.4, 0.5) is 14.9 Å². The van der Waals surface area contributed by atoms with Gasteiger partial charge in [0.15, 0.2) is 11.6 Å². The van der Waals surface area contributed by atoms with E-state index in [1.165, 1.54) is 19.2 Å². The van der Waals surface area contributed by atoms with Gasteiger partial charge in [-0.1, -0.05) is 6.42 Å². The van der Waals surface area contributed by atoms with Gasteiger partial charge in [0.25, 0.3) is 5.91 Å². The molecule has 1 aromatic rings. The van der Waals surface area contributed by atoms with Gasteiger partial charge in [0, 0.05) is 6.07 Å². The number of carbonyl (C=O) groups excluding carboxylic acids is 3. The van der Waals surface area contributed by atoms with E-state index < -0.39 is 29.1 Å². The van der Waals surface area contributed by atoms with Gasteiger partial charge < -0.3 is 4.74 Å². The Hall–Kier alpha value is -2.44. The van der Waals surface area contributed by atoms with Crippen LogP contribution in [0.3, 0.4) is 0 Å². The quantitative estimate of drug-likeness (QED) is 0.840. The molecule has 0 atom stereocenters. The number of barbiturate groups is 1. The number of methoxy groups -OCH3 is 1. The first-order valence-electron chi connectivity index (χ1n) is 6.53. The largest absolute Gasteiger partial charge is 0.494 e. The van der Waals surface area contributed by atoms with Crippen LogP contribution in [0.5, 0.6) is 5.75 Å². The molecule has 21 heavy (non-hydrogen) atoms. The molecule has 0 aromatic heterocycles. The molecular weight excluding hydrogens is 279 g/mol. The summed E-state index contributed by atoms with van der Waals surface area (Å²) in [5.74, 6) is -1.78. The summed E-state index contributed by atoms with van der Waals surface area (Å²) in [6, 6.07) is 2.85.